The number of aryl methyl sites for hydroxylation is 1. The van der Waals surface area contributed by atoms with Gasteiger partial charge in [0.2, 0.25) is 0 Å². The normalized spacial score (nSPS) is 16.1. The van der Waals surface area contributed by atoms with E-state index >= 15 is 0 Å². The van der Waals surface area contributed by atoms with E-state index in [1.54, 1.807) is 12.1 Å². The molecular weight excluding hydrogens is 377 g/mol. The molecule has 0 bridgehead atoms. The van der Waals surface area contributed by atoms with E-state index in [0.717, 1.165) is 27.9 Å². The predicted molar refractivity (Wildman–Crippen MR) is 110 cm³/mol. The second-order valence-electron chi connectivity index (χ2n) is 6.33. The van der Waals surface area contributed by atoms with Crippen LogP contribution < -0.4 is 10.2 Å². The second kappa shape index (κ2) is 7.01. The zero-order chi connectivity index (χ0) is 19.8. The Morgan fingerprint density at radius 1 is 1.14 bits per heavy atom. The Hall–Kier alpha value is -3.32. The number of fused-ring (bicyclic) bond motifs is 1. The molecule has 28 heavy (non-hydrogen) atoms. The molecule has 0 spiro atoms. The maximum absolute atomic E-state index is 13.6. The molecule has 1 N–H and O–H groups in total. The van der Waals surface area contributed by atoms with E-state index in [2.05, 4.69) is 5.32 Å². The van der Waals surface area contributed by atoms with E-state index in [9.17, 15) is 14.0 Å². The van der Waals surface area contributed by atoms with Crippen LogP contribution >= 0.6 is 12.2 Å². The Morgan fingerprint density at radius 2 is 1.93 bits per heavy atom. The number of hydrogen-bond donors (Lipinski definition) is 1. The van der Waals surface area contributed by atoms with E-state index in [0.29, 0.717) is 0 Å². The number of rotatable bonds is 3. The summed E-state index contributed by atoms with van der Waals surface area (Å²) in [5.41, 5.74) is 1.97. The van der Waals surface area contributed by atoms with E-state index in [-0.39, 0.29) is 16.4 Å². The van der Waals surface area contributed by atoms with Crippen molar-refractivity contribution in [3.8, 4) is 0 Å². The van der Waals surface area contributed by atoms with Gasteiger partial charge in [0.05, 0.1) is 5.69 Å². The lowest BCUT2D eigenvalue weighted by Gasteiger charge is -2.28. The SMILES string of the molecule is CCn1cc(C=C2C(=O)NC(=S)N(c3cccc(F)c3)C2=O)c2ccccc21. The van der Waals surface area contributed by atoms with Crippen LogP contribution in [-0.4, -0.2) is 21.5 Å². The fourth-order valence-electron chi connectivity index (χ4n) is 3.31. The van der Waals surface area contributed by atoms with E-state index < -0.39 is 17.6 Å². The minimum atomic E-state index is -0.590. The third kappa shape index (κ3) is 2.99. The fraction of sp³-hybridized carbons (Fsp3) is 0.0952. The molecule has 3 aromatic rings. The van der Waals surface area contributed by atoms with Crippen LogP contribution in [0.5, 0.6) is 0 Å². The highest BCUT2D eigenvalue weighted by Crippen LogP contribution is 2.26. The van der Waals surface area contributed by atoms with Gasteiger partial charge in [-0.2, -0.15) is 0 Å². The van der Waals surface area contributed by atoms with Crippen molar-refractivity contribution in [2.45, 2.75) is 13.5 Å². The molecule has 0 atom stereocenters. The largest absolute Gasteiger partial charge is 0.347 e. The van der Waals surface area contributed by atoms with Crippen LogP contribution in [0.2, 0.25) is 0 Å². The number of nitrogens with zero attached hydrogens (tertiary/aromatic N) is 2. The van der Waals surface area contributed by atoms with Gasteiger partial charge in [-0.3, -0.25) is 19.8 Å². The zero-order valence-corrected chi connectivity index (χ0v) is 15.8. The number of amides is 2. The third-order valence-electron chi connectivity index (χ3n) is 4.63. The summed E-state index contributed by atoms with van der Waals surface area (Å²) in [5, 5.41) is 3.37. The predicted octanol–water partition coefficient (Wildman–Crippen LogP) is 3.63. The molecule has 1 aliphatic heterocycles. The lowest BCUT2D eigenvalue weighted by atomic mass is 10.1. The summed E-state index contributed by atoms with van der Waals surface area (Å²) in [6, 6.07) is 13.3. The molecule has 2 amide bonds. The number of anilines is 1. The first kappa shape index (κ1) is 18.1. The number of benzene rings is 2. The van der Waals surface area contributed by atoms with Crippen LogP contribution in [-0.2, 0) is 16.1 Å². The molecule has 0 aliphatic carbocycles. The zero-order valence-electron chi connectivity index (χ0n) is 15.0. The lowest BCUT2D eigenvalue weighted by molar-refractivity contribution is -0.122. The topological polar surface area (TPSA) is 54.3 Å². The molecular formula is C21H16FN3O2S. The molecule has 1 saturated heterocycles. The fourth-order valence-corrected chi connectivity index (χ4v) is 3.60. The number of aromatic nitrogens is 1. The Balaban J connectivity index is 1.82. The quantitative estimate of drug-likeness (QED) is 0.420. The lowest BCUT2D eigenvalue weighted by Crippen LogP contribution is -2.54. The maximum atomic E-state index is 13.6. The van der Waals surface area contributed by atoms with Crippen molar-refractivity contribution in [2.75, 3.05) is 4.90 Å². The highest BCUT2D eigenvalue weighted by Gasteiger charge is 2.34. The van der Waals surface area contributed by atoms with Crippen LogP contribution in [0.25, 0.3) is 17.0 Å². The Labute approximate surface area is 166 Å². The summed E-state index contributed by atoms with van der Waals surface area (Å²) in [7, 11) is 0. The van der Waals surface area contributed by atoms with Crippen molar-refractivity contribution in [1.29, 1.82) is 0 Å². The van der Waals surface area contributed by atoms with Gasteiger partial charge in [0.25, 0.3) is 11.8 Å². The Kier molecular flexibility index (Phi) is 4.52. The van der Waals surface area contributed by atoms with Gasteiger partial charge in [-0.1, -0.05) is 24.3 Å². The van der Waals surface area contributed by atoms with Crippen LogP contribution in [0.15, 0.2) is 60.3 Å². The van der Waals surface area contributed by atoms with Crippen molar-refractivity contribution >= 4 is 51.8 Å². The third-order valence-corrected chi connectivity index (χ3v) is 4.91. The molecule has 0 unspecified atom stereocenters. The molecule has 2 aromatic carbocycles. The second-order valence-corrected chi connectivity index (χ2v) is 6.71. The average molecular weight is 393 g/mol. The van der Waals surface area contributed by atoms with Crippen molar-refractivity contribution in [1.82, 2.24) is 9.88 Å². The number of hydrogen-bond acceptors (Lipinski definition) is 3. The number of nitrogens with one attached hydrogen (secondary N) is 1. The minimum absolute atomic E-state index is 0.0585. The van der Waals surface area contributed by atoms with Gasteiger partial charge in [-0.25, -0.2) is 4.39 Å². The number of halogens is 1. The highest BCUT2D eigenvalue weighted by atomic mass is 32.1. The number of carbonyl (C=O) groups is 2. The molecule has 0 radical (unpaired) electrons. The van der Waals surface area contributed by atoms with Crippen molar-refractivity contribution < 1.29 is 14.0 Å². The van der Waals surface area contributed by atoms with Gasteiger partial charge in [-0.15, -0.1) is 0 Å². The van der Waals surface area contributed by atoms with Crippen LogP contribution in [0, 0.1) is 5.82 Å². The van der Waals surface area contributed by atoms with Gasteiger partial charge in [0.15, 0.2) is 5.11 Å². The van der Waals surface area contributed by atoms with Gasteiger partial charge in [-0.05, 0) is 49.5 Å². The monoisotopic (exact) mass is 393 g/mol. The summed E-state index contributed by atoms with van der Waals surface area (Å²) in [6.07, 6.45) is 3.46. The maximum Gasteiger partial charge on any atom is 0.270 e. The standard InChI is InChI=1S/C21H16FN3O2S/c1-2-24-12-13(16-8-3-4-9-18(16)24)10-17-19(26)23-21(28)25(20(17)27)15-7-5-6-14(22)11-15/h3-12H,2H2,1H3,(H,23,26,28). The first-order valence-corrected chi connectivity index (χ1v) is 9.15. The summed E-state index contributed by atoms with van der Waals surface area (Å²) >= 11 is 5.14. The summed E-state index contributed by atoms with van der Waals surface area (Å²) in [6.45, 7) is 2.77. The van der Waals surface area contributed by atoms with Crippen molar-refractivity contribution in [3.05, 3.63) is 71.7 Å². The van der Waals surface area contributed by atoms with Gasteiger partial charge >= 0.3 is 0 Å². The molecule has 140 valence electrons. The summed E-state index contributed by atoms with van der Waals surface area (Å²) in [5.74, 6) is -1.66. The van der Waals surface area contributed by atoms with Crippen LogP contribution in [0.1, 0.15) is 12.5 Å². The molecule has 5 nitrogen and oxygen atoms in total. The smallest absolute Gasteiger partial charge is 0.270 e. The number of para-hydroxylation sites is 1. The molecule has 2 heterocycles. The van der Waals surface area contributed by atoms with Gasteiger partial charge in [0.1, 0.15) is 11.4 Å². The van der Waals surface area contributed by atoms with E-state index in [1.165, 1.54) is 18.2 Å². The number of thiocarbonyl (C=S) groups is 1. The molecule has 1 aromatic heterocycles. The molecule has 1 aliphatic rings. The van der Waals surface area contributed by atoms with Crippen LogP contribution in [0.3, 0.4) is 0 Å². The molecule has 7 heteroatoms. The summed E-state index contributed by atoms with van der Waals surface area (Å²) < 4.78 is 15.7. The molecule has 0 saturated carbocycles. The van der Waals surface area contributed by atoms with Gasteiger partial charge in [0, 0.05) is 29.2 Å². The molecule has 1 fully saturated rings. The molecule has 4 rings (SSSR count). The number of carbonyl (C=O) groups excluding carboxylic acids is 2. The Morgan fingerprint density at radius 3 is 2.68 bits per heavy atom. The first-order chi connectivity index (χ1) is 13.5. The van der Waals surface area contributed by atoms with Crippen molar-refractivity contribution in [3.63, 3.8) is 0 Å². The summed E-state index contributed by atoms with van der Waals surface area (Å²) in [4.78, 5) is 26.7. The van der Waals surface area contributed by atoms with Crippen LogP contribution in [0.4, 0.5) is 10.1 Å². The average Bonchev–Trinajstić information content (AvgIpc) is 3.03. The van der Waals surface area contributed by atoms with E-state index in [4.69, 9.17) is 12.2 Å². The minimum Gasteiger partial charge on any atom is -0.347 e. The highest BCUT2D eigenvalue weighted by molar-refractivity contribution is 7.80. The van der Waals surface area contributed by atoms with E-state index in [1.807, 2.05) is 42.0 Å². The van der Waals surface area contributed by atoms with Crippen molar-refractivity contribution in [2.24, 2.45) is 0 Å². The Bertz CT molecular complexity index is 1170. The first-order valence-electron chi connectivity index (χ1n) is 8.74. The van der Waals surface area contributed by atoms with Gasteiger partial charge < -0.3 is 4.57 Å².